The number of carbonyl (C=O) groups excluding carboxylic acids is 1. The third-order valence-electron chi connectivity index (χ3n) is 2.31. The number of esters is 1. The van der Waals surface area contributed by atoms with Crippen molar-refractivity contribution in [1.82, 2.24) is 14.6 Å². The number of ether oxygens (including phenoxy) is 1. The van der Waals surface area contributed by atoms with Crippen LogP contribution in [0.4, 0.5) is 5.69 Å². The maximum Gasteiger partial charge on any atom is 0.345 e. The average molecular weight is 236 g/mol. The van der Waals surface area contributed by atoms with Crippen molar-refractivity contribution in [1.29, 1.82) is 0 Å². The Labute approximate surface area is 95.0 Å². The molecule has 2 aromatic rings. The molecule has 0 amide bonds. The molecule has 8 heteroatoms. The van der Waals surface area contributed by atoms with Gasteiger partial charge in [-0.1, -0.05) is 0 Å². The Kier molecular flexibility index (Phi) is 2.47. The summed E-state index contributed by atoms with van der Waals surface area (Å²) >= 11 is 0. The van der Waals surface area contributed by atoms with Gasteiger partial charge in [-0.15, -0.1) is 10.2 Å². The third kappa shape index (κ3) is 1.59. The van der Waals surface area contributed by atoms with E-state index in [1.165, 1.54) is 16.7 Å². The number of methoxy groups -OCH3 is 1. The maximum atomic E-state index is 11.4. The summed E-state index contributed by atoms with van der Waals surface area (Å²) in [6.07, 6.45) is 1.49. The number of hydrogen-bond acceptors (Lipinski definition) is 6. The number of nitrogens with zero attached hydrogens (tertiary/aromatic N) is 4. The SMILES string of the molecule is COC(=O)c1ccn2c(C)nnc2c1[N+](=O)[O-]. The molecule has 0 atom stereocenters. The van der Waals surface area contributed by atoms with E-state index in [4.69, 9.17) is 0 Å². The smallest absolute Gasteiger partial charge is 0.345 e. The van der Waals surface area contributed by atoms with E-state index in [1.54, 1.807) is 6.92 Å². The fourth-order valence-electron chi connectivity index (χ4n) is 1.51. The topological polar surface area (TPSA) is 99.6 Å². The molecule has 8 nitrogen and oxygen atoms in total. The van der Waals surface area contributed by atoms with Crippen molar-refractivity contribution in [2.45, 2.75) is 6.92 Å². The fraction of sp³-hybridized carbons (Fsp3) is 0.222. The highest BCUT2D eigenvalue weighted by molar-refractivity contribution is 5.96. The lowest BCUT2D eigenvalue weighted by Gasteiger charge is -2.02. The molecule has 0 aliphatic rings. The molecule has 0 saturated carbocycles. The van der Waals surface area contributed by atoms with Gasteiger partial charge in [0.2, 0.25) is 5.65 Å². The highest BCUT2D eigenvalue weighted by Crippen LogP contribution is 2.24. The predicted molar refractivity (Wildman–Crippen MR) is 55.7 cm³/mol. The van der Waals surface area contributed by atoms with Crippen LogP contribution in [0.15, 0.2) is 12.3 Å². The second kappa shape index (κ2) is 3.81. The Morgan fingerprint density at radius 3 is 2.82 bits per heavy atom. The monoisotopic (exact) mass is 236 g/mol. The molecule has 0 bridgehead atoms. The summed E-state index contributed by atoms with van der Waals surface area (Å²) in [6.45, 7) is 1.65. The summed E-state index contributed by atoms with van der Waals surface area (Å²) in [6, 6.07) is 1.31. The van der Waals surface area contributed by atoms with Crippen LogP contribution in [-0.4, -0.2) is 32.6 Å². The first-order valence-corrected chi connectivity index (χ1v) is 4.63. The number of aryl methyl sites for hydroxylation is 1. The average Bonchev–Trinajstić information content (AvgIpc) is 2.68. The molecule has 88 valence electrons. The predicted octanol–water partition coefficient (Wildman–Crippen LogP) is 0.733. The number of nitro groups is 1. The molecule has 0 fully saturated rings. The highest BCUT2D eigenvalue weighted by Gasteiger charge is 2.26. The zero-order chi connectivity index (χ0) is 12.6. The zero-order valence-corrected chi connectivity index (χ0v) is 9.08. The molecule has 2 aromatic heterocycles. The van der Waals surface area contributed by atoms with Gasteiger partial charge in [0.15, 0.2) is 0 Å². The molecule has 0 unspecified atom stereocenters. The van der Waals surface area contributed by atoms with E-state index in [9.17, 15) is 14.9 Å². The van der Waals surface area contributed by atoms with Crippen LogP contribution in [0.5, 0.6) is 0 Å². The quantitative estimate of drug-likeness (QED) is 0.433. The van der Waals surface area contributed by atoms with E-state index in [0.717, 1.165) is 7.11 Å². The zero-order valence-electron chi connectivity index (χ0n) is 9.08. The van der Waals surface area contributed by atoms with Gasteiger partial charge in [0.1, 0.15) is 11.4 Å². The maximum absolute atomic E-state index is 11.4. The minimum absolute atomic E-state index is 0.0235. The van der Waals surface area contributed by atoms with Crippen molar-refractivity contribution in [3.05, 3.63) is 33.8 Å². The molecular formula is C9H8N4O4. The van der Waals surface area contributed by atoms with E-state index in [-0.39, 0.29) is 11.2 Å². The lowest BCUT2D eigenvalue weighted by atomic mass is 10.2. The number of fused-ring (bicyclic) bond motifs is 1. The van der Waals surface area contributed by atoms with Crippen LogP contribution in [0, 0.1) is 17.0 Å². The molecule has 0 aromatic carbocycles. The fourth-order valence-corrected chi connectivity index (χ4v) is 1.51. The van der Waals surface area contributed by atoms with Gasteiger partial charge < -0.3 is 4.74 Å². The number of pyridine rings is 1. The minimum atomic E-state index is -0.778. The standard InChI is InChI=1S/C9H8N4O4/c1-5-10-11-8-7(13(15)16)6(9(14)17-2)3-4-12(5)8/h3-4H,1-2H3. The summed E-state index contributed by atoms with van der Waals surface area (Å²) in [5.74, 6) is -0.278. The Morgan fingerprint density at radius 2 is 2.24 bits per heavy atom. The van der Waals surface area contributed by atoms with Gasteiger partial charge in [-0.3, -0.25) is 14.5 Å². The molecule has 0 aliphatic heterocycles. The lowest BCUT2D eigenvalue weighted by molar-refractivity contribution is -0.383. The second-order valence-corrected chi connectivity index (χ2v) is 3.27. The van der Waals surface area contributed by atoms with E-state index in [0.29, 0.717) is 5.82 Å². The number of aromatic nitrogens is 3. The first-order valence-electron chi connectivity index (χ1n) is 4.63. The largest absolute Gasteiger partial charge is 0.465 e. The van der Waals surface area contributed by atoms with Crippen molar-refractivity contribution in [3.8, 4) is 0 Å². The van der Waals surface area contributed by atoms with Crippen molar-refractivity contribution in [2.24, 2.45) is 0 Å². The van der Waals surface area contributed by atoms with Crippen LogP contribution >= 0.6 is 0 Å². The van der Waals surface area contributed by atoms with Gasteiger partial charge in [0.25, 0.3) is 0 Å². The van der Waals surface area contributed by atoms with Crippen molar-refractivity contribution >= 4 is 17.3 Å². The summed E-state index contributed by atoms with van der Waals surface area (Å²) in [4.78, 5) is 21.7. The van der Waals surface area contributed by atoms with Gasteiger partial charge >= 0.3 is 11.7 Å². The van der Waals surface area contributed by atoms with Crippen LogP contribution in [0.1, 0.15) is 16.2 Å². The molecule has 0 aliphatic carbocycles. The number of rotatable bonds is 2. The molecule has 17 heavy (non-hydrogen) atoms. The van der Waals surface area contributed by atoms with Crippen LogP contribution in [-0.2, 0) is 4.74 Å². The van der Waals surface area contributed by atoms with E-state index in [2.05, 4.69) is 14.9 Å². The molecule has 0 spiro atoms. The Hall–Kier alpha value is -2.51. The number of hydrogen-bond donors (Lipinski definition) is 0. The van der Waals surface area contributed by atoms with Crippen LogP contribution < -0.4 is 0 Å². The molecule has 2 rings (SSSR count). The Morgan fingerprint density at radius 1 is 1.53 bits per heavy atom. The van der Waals surface area contributed by atoms with Crippen LogP contribution in [0.3, 0.4) is 0 Å². The summed E-state index contributed by atoms with van der Waals surface area (Å²) in [7, 11) is 1.16. The third-order valence-corrected chi connectivity index (χ3v) is 2.31. The van der Waals surface area contributed by atoms with Crippen molar-refractivity contribution in [2.75, 3.05) is 7.11 Å². The van der Waals surface area contributed by atoms with Crippen LogP contribution in [0.2, 0.25) is 0 Å². The molecule has 0 saturated heterocycles. The normalized spacial score (nSPS) is 10.5. The van der Waals surface area contributed by atoms with Gasteiger partial charge in [-0.2, -0.15) is 0 Å². The van der Waals surface area contributed by atoms with E-state index >= 15 is 0 Å². The van der Waals surface area contributed by atoms with Crippen LogP contribution in [0.25, 0.3) is 5.65 Å². The van der Waals surface area contributed by atoms with Gasteiger partial charge in [-0.25, -0.2) is 4.79 Å². The summed E-state index contributed by atoms with van der Waals surface area (Å²) in [5.41, 5.74) is -0.521. The lowest BCUT2D eigenvalue weighted by Crippen LogP contribution is -2.07. The molecule has 0 radical (unpaired) electrons. The molecular weight excluding hydrogens is 228 g/mol. The molecule has 0 N–H and O–H groups in total. The first kappa shape index (κ1) is 11.0. The van der Waals surface area contributed by atoms with Crippen molar-refractivity contribution in [3.63, 3.8) is 0 Å². The highest BCUT2D eigenvalue weighted by atomic mass is 16.6. The summed E-state index contributed by atoms with van der Waals surface area (Å²) < 4.78 is 5.92. The number of carbonyl (C=O) groups is 1. The first-order chi connectivity index (χ1) is 8.06. The Balaban J connectivity index is 2.82. The summed E-state index contributed by atoms with van der Waals surface area (Å²) in [5, 5.41) is 18.4. The van der Waals surface area contributed by atoms with E-state index < -0.39 is 16.6 Å². The van der Waals surface area contributed by atoms with Gasteiger partial charge in [0.05, 0.1) is 12.0 Å². The van der Waals surface area contributed by atoms with Gasteiger partial charge in [0, 0.05) is 6.20 Å². The Bertz CT molecular complexity index is 619. The second-order valence-electron chi connectivity index (χ2n) is 3.27. The van der Waals surface area contributed by atoms with Gasteiger partial charge in [-0.05, 0) is 13.0 Å². The minimum Gasteiger partial charge on any atom is -0.465 e. The van der Waals surface area contributed by atoms with Crippen molar-refractivity contribution < 1.29 is 14.5 Å². The van der Waals surface area contributed by atoms with E-state index in [1.807, 2.05) is 0 Å². The molecule has 2 heterocycles.